The van der Waals surface area contributed by atoms with Crippen LogP contribution in [0.1, 0.15) is 35.7 Å². The summed E-state index contributed by atoms with van der Waals surface area (Å²) in [6.07, 6.45) is 2.10. The molecule has 92 valence electrons. The highest BCUT2D eigenvalue weighted by atomic mass is 16.4. The number of carboxylic acids is 1. The second-order valence-electron chi connectivity index (χ2n) is 4.37. The molecule has 0 unspecified atom stereocenters. The Hall–Kier alpha value is -1.92. The lowest BCUT2D eigenvalue weighted by atomic mass is 9.69. The third kappa shape index (κ3) is 2.13. The summed E-state index contributed by atoms with van der Waals surface area (Å²) < 4.78 is 0. The minimum Gasteiger partial charge on any atom is -0.481 e. The van der Waals surface area contributed by atoms with Crippen LogP contribution in [0, 0.1) is 12.3 Å². The van der Waals surface area contributed by atoms with E-state index in [9.17, 15) is 9.59 Å². The number of carbonyl (C=O) groups is 2. The second kappa shape index (κ2) is 4.15. The molecule has 1 fully saturated rings. The normalized spacial score (nSPS) is 17.2. The third-order valence-corrected chi connectivity index (χ3v) is 3.15. The van der Waals surface area contributed by atoms with Crippen LogP contribution in [-0.4, -0.2) is 38.7 Å². The van der Waals surface area contributed by atoms with Gasteiger partial charge in [-0.1, -0.05) is 6.42 Å². The van der Waals surface area contributed by atoms with Gasteiger partial charge in [0.05, 0.1) is 5.41 Å². The highest BCUT2D eigenvalue weighted by Gasteiger charge is 2.44. The molecule has 0 bridgehead atoms. The van der Waals surface area contributed by atoms with Gasteiger partial charge in [0.1, 0.15) is 5.82 Å². The zero-order valence-corrected chi connectivity index (χ0v) is 9.49. The lowest BCUT2D eigenvalue weighted by Crippen LogP contribution is -2.47. The lowest BCUT2D eigenvalue weighted by molar-refractivity contribution is -0.153. The number of aryl methyl sites for hydroxylation is 1. The Balaban J connectivity index is 1.94. The van der Waals surface area contributed by atoms with E-state index in [4.69, 9.17) is 5.11 Å². The van der Waals surface area contributed by atoms with Gasteiger partial charge in [0.2, 0.25) is 5.82 Å². The van der Waals surface area contributed by atoms with Crippen molar-refractivity contribution >= 4 is 11.9 Å². The molecular formula is C10H14N4O3. The average molecular weight is 238 g/mol. The SMILES string of the molecule is Cc1nc(C(=O)NCC2(C(=O)O)CCC2)n[nH]1. The first-order valence-corrected chi connectivity index (χ1v) is 5.44. The number of carboxylic acid groups (broad SMARTS) is 1. The molecule has 1 aliphatic rings. The van der Waals surface area contributed by atoms with Gasteiger partial charge < -0.3 is 10.4 Å². The van der Waals surface area contributed by atoms with Crippen molar-refractivity contribution in [1.82, 2.24) is 20.5 Å². The largest absolute Gasteiger partial charge is 0.481 e. The summed E-state index contributed by atoms with van der Waals surface area (Å²) in [5.41, 5.74) is -0.791. The number of carbonyl (C=O) groups excluding carboxylic acids is 1. The smallest absolute Gasteiger partial charge is 0.311 e. The monoisotopic (exact) mass is 238 g/mol. The van der Waals surface area contributed by atoms with E-state index in [2.05, 4.69) is 20.5 Å². The molecule has 1 aliphatic carbocycles. The maximum Gasteiger partial charge on any atom is 0.311 e. The summed E-state index contributed by atoms with van der Waals surface area (Å²) >= 11 is 0. The van der Waals surface area contributed by atoms with E-state index in [1.54, 1.807) is 6.92 Å². The molecule has 1 amide bonds. The van der Waals surface area contributed by atoms with E-state index in [-0.39, 0.29) is 12.4 Å². The van der Waals surface area contributed by atoms with E-state index in [1.165, 1.54) is 0 Å². The summed E-state index contributed by atoms with van der Waals surface area (Å²) in [5, 5.41) is 17.9. The van der Waals surface area contributed by atoms with Crippen LogP contribution in [0.4, 0.5) is 0 Å². The van der Waals surface area contributed by atoms with Crippen LogP contribution in [0.2, 0.25) is 0 Å². The van der Waals surface area contributed by atoms with Crippen LogP contribution in [-0.2, 0) is 4.79 Å². The summed E-state index contributed by atoms with van der Waals surface area (Å²) in [4.78, 5) is 26.6. The van der Waals surface area contributed by atoms with Crippen molar-refractivity contribution in [2.24, 2.45) is 5.41 Å². The summed E-state index contributed by atoms with van der Waals surface area (Å²) in [7, 11) is 0. The molecule has 0 radical (unpaired) electrons. The van der Waals surface area contributed by atoms with Gasteiger partial charge >= 0.3 is 5.97 Å². The molecule has 7 nitrogen and oxygen atoms in total. The lowest BCUT2D eigenvalue weighted by Gasteiger charge is -2.37. The zero-order valence-electron chi connectivity index (χ0n) is 9.49. The van der Waals surface area contributed by atoms with Crippen LogP contribution >= 0.6 is 0 Å². The summed E-state index contributed by atoms with van der Waals surface area (Å²) in [6.45, 7) is 1.82. The van der Waals surface area contributed by atoms with Crippen LogP contribution in [0.3, 0.4) is 0 Å². The Kier molecular flexibility index (Phi) is 2.83. The molecule has 0 atom stereocenters. The summed E-state index contributed by atoms with van der Waals surface area (Å²) in [6, 6.07) is 0. The van der Waals surface area contributed by atoms with E-state index in [0.29, 0.717) is 18.7 Å². The Morgan fingerprint density at radius 2 is 2.24 bits per heavy atom. The van der Waals surface area contributed by atoms with Crippen molar-refractivity contribution in [3.63, 3.8) is 0 Å². The Labute approximate surface area is 97.6 Å². The first-order chi connectivity index (χ1) is 8.03. The van der Waals surface area contributed by atoms with Gasteiger partial charge in [-0.3, -0.25) is 14.7 Å². The van der Waals surface area contributed by atoms with Crippen LogP contribution in [0.15, 0.2) is 0 Å². The van der Waals surface area contributed by atoms with E-state index in [1.807, 2.05) is 0 Å². The maximum absolute atomic E-state index is 11.6. The van der Waals surface area contributed by atoms with Gasteiger partial charge in [-0.05, 0) is 19.8 Å². The second-order valence-corrected chi connectivity index (χ2v) is 4.37. The highest BCUT2D eigenvalue weighted by molar-refractivity contribution is 5.90. The average Bonchev–Trinajstić information content (AvgIpc) is 2.62. The number of aromatic nitrogens is 3. The molecule has 0 saturated heterocycles. The van der Waals surface area contributed by atoms with Crippen molar-refractivity contribution in [2.75, 3.05) is 6.54 Å². The Bertz CT molecular complexity index is 450. The first-order valence-electron chi connectivity index (χ1n) is 5.44. The van der Waals surface area contributed by atoms with Gasteiger partial charge in [0.15, 0.2) is 0 Å². The molecule has 17 heavy (non-hydrogen) atoms. The predicted molar refractivity (Wildman–Crippen MR) is 57.4 cm³/mol. The van der Waals surface area contributed by atoms with E-state index < -0.39 is 17.3 Å². The number of nitrogens with one attached hydrogen (secondary N) is 2. The predicted octanol–water partition coefficient (Wildman–Crippen LogP) is 0.0978. The van der Waals surface area contributed by atoms with Crippen molar-refractivity contribution < 1.29 is 14.7 Å². The van der Waals surface area contributed by atoms with Crippen molar-refractivity contribution in [3.8, 4) is 0 Å². The van der Waals surface area contributed by atoms with Crippen molar-refractivity contribution in [2.45, 2.75) is 26.2 Å². The zero-order chi connectivity index (χ0) is 12.5. The summed E-state index contributed by atoms with van der Waals surface area (Å²) in [5.74, 6) is -0.703. The maximum atomic E-state index is 11.6. The number of nitrogens with zero attached hydrogens (tertiary/aromatic N) is 2. The number of rotatable bonds is 4. The fourth-order valence-corrected chi connectivity index (χ4v) is 1.84. The van der Waals surface area contributed by atoms with Gasteiger partial charge in [-0.2, -0.15) is 0 Å². The van der Waals surface area contributed by atoms with Crippen LogP contribution in [0.5, 0.6) is 0 Å². The van der Waals surface area contributed by atoms with Gasteiger partial charge in [-0.25, -0.2) is 4.98 Å². The molecule has 0 aromatic carbocycles. The molecule has 2 rings (SSSR count). The van der Waals surface area contributed by atoms with Crippen LogP contribution in [0.25, 0.3) is 0 Å². The molecule has 1 aromatic heterocycles. The van der Waals surface area contributed by atoms with E-state index >= 15 is 0 Å². The highest BCUT2D eigenvalue weighted by Crippen LogP contribution is 2.40. The minimum absolute atomic E-state index is 0.0439. The van der Waals surface area contributed by atoms with Gasteiger partial charge in [0.25, 0.3) is 5.91 Å². The number of hydrogen-bond acceptors (Lipinski definition) is 4. The molecule has 1 heterocycles. The Morgan fingerprint density at radius 3 is 2.65 bits per heavy atom. The van der Waals surface area contributed by atoms with E-state index in [0.717, 1.165) is 6.42 Å². The number of H-pyrrole nitrogens is 1. The molecule has 0 aliphatic heterocycles. The molecule has 1 aromatic rings. The molecule has 3 N–H and O–H groups in total. The molecule has 1 saturated carbocycles. The third-order valence-electron chi connectivity index (χ3n) is 3.15. The number of aromatic amines is 1. The first kappa shape index (κ1) is 11.6. The molecular weight excluding hydrogens is 224 g/mol. The fourth-order valence-electron chi connectivity index (χ4n) is 1.84. The van der Waals surface area contributed by atoms with Crippen molar-refractivity contribution in [3.05, 3.63) is 11.6 Å². The Morgan fingerprint density at radius 1 is 1.53 bits per heavy atom. The number of aliphatic carboxylic acids is 1. The number of amides is 1. The fraction of sp³-hybridized carbons (Fsp3) is 0.600. The van der Waals surface area contributed by atoms with Crippen LogP contribution < -0.4 is 5.32 Å². The minimum atomic E-state index is -0.852. The van der Waals surface area contributed by atoms with Gasteiger partial charge in [-0.15, -0.1) is 5.10 Å². The molecule has 0 spiro atoms. The quantitative estimate of drug-likeness (QED) is 0.689. The van der Waals surface area contributed by atoms with Crippen molar-refractivity contribution in [1.29, 1.82) is 0 Å². The molecule has 7 heteroatoms. The topological polar surface area (TPSA) is 108 Å². The standard InChI is InChI=1S/C10H14N4O3/c1-6-12-7(14-13-6)8(15)11-5-10(9(16)17)3-2-4-10/h2-5H2,1H3,(H,11,15)(H,16,17)(H,12,13,14). The van der Waals surface area contributed by atoms with Gasteiger partial charge in [0, 0.05) is 6.54 Å². The number of hydrogen-bond donors (Lipinski definition) is 3.